The van der Waals surface area contributed by atoms with Crippen LogP contribution in [0.4, 0.5) is 10.2 Å². The Morgan fingerprint density at radius 2 is 1.83 bits per heavy atom. The SMILES string of the molecule is O=C([C@H]1CCCN(c2ncnc3c2sc2cccc(F)c23)C1)N1CCN(Cc2ccccc2)CC1. The Morgan fingerprint density at radius 1 is 1.00 bits per heavy atom. The number of anilines is 1. The number of carbonyl (C=O) groups excluding carboxylic acids is 1. The molecule has 1 amide bonds. The molecule has 2 aliphatic heterocycles. The smallest absolute Gasteiger partial charge is 0.227 e. The van der Waals surface area contributed by atoms with Gasteiger partial charge in [-0.1, -0.05) is 36.4 Å². The van der Waals surface area contributed by atoms with Crippen molar-refractivity contribution >= 4 is 43.4 Å². The number of benzene rings is 2. The molecular formula is C27H28FN5OS. The van der Waals surface area contributed by atoms with Gasteiger partial charge in [-0.3, -0.25) is 9.69 Å². The predicted molar refractivity (Wildman–Crippen MR) is 138 cm³/mol. The minimum absolute atomic E-state index is 0.0412. The Hall–Kier alpha value is -3.10. The Balaban J connectivity index is 1.15. The van der Waals surface area contributed by atoms with E-state index in [1.54, 1.807) is 6.07 Å². The van der Waals surface area contributed by atoms with Gasteiger partial charge in [0.2, 0.25) is 5.91 Å². The summed E-state index contributed by atoms with van der Waals surface area (Å²) in [6.07, 6.45) is 3.36. The second-order valence-electron chi connectivity index (χ2n) is 9.46. The number of halogens is 1. The summed E-state index contributed by atoms with van der Waals surface area (Å²) in [6, 6.07) is 15.6. The highest BCUT2D eigenvalue weighted by molar-refractivity contribution is 7.26. The largest absolute Gasteiger partial charge is 0.355 e. The molecular weight excluding hydrogens is 461 g/mol. The second-order valence-corrected chi connectivity index (χ2v) is 10.5. The number of piperazine rings is 1. The first-order valence-corrected chi connectivity index (χ1v) is 13.1. The van der Waals surface area contributed by atoms with Crippen molar-refractivity contribution in [1.82, 2.24) is 19.8 Å². The summed E-state index contributed by atoms with van der Waals surface area (Å²) >= 11 is 1.53. The number of fused-ring (bicyclic) bond motifs is 3. The third-order valence-corrected chi connectivity index (χ3v) is 8.35. The van der Waals surface area contributed by atoms with Gasteiger partial charge < -0.3 is 9.80 Å². The van der Waals surface area contributed by atoms with Crippen LogP contribution < -0.4 is 4.90 Å². The molecule has 1 atom stereocenters. The van der Waals surface area contributed by atoms with E-state index in [1.165, 1.54) is 29.3 Å². The third kappa shape index (κ3) is 4.36. The van der Waals surface area contributed by atoms with Crippen LogP contribution in [0.5, 0.6) is 0 Å². The molecule has 2 aromatic carbocycles. The van der Waals surface area contributed by atoms with E-state index < -0.39 is 0 Å². The van der Waals surface area contributed by atoms with Gasteiger partial charge in [-0.15, -0.1) is 11.3 Å². The summed E-state index contributed by atoms with van der Waals surface area (Å²) in [6.45, 7) is 5.77. The third-order valence-electron chi connectivity index (χ3n) is 7.21. The van der Waals surface area contributed by atoms with E-state index in [0.29, 0.717) is 17.4 Å². The maximum absolute atomic E-state index is 14.5. The zero-order valence-corrected chi connectivity index (χ0v) is 20.4. The molecule has 0 bridgehead atoms. The lowest BCUT2D eigenvalue weighted by molar-refractivity contribution is -0.137. The molecule has 180 valence electrons. The molecule has 4 aromatic rings. The van der Waals surface area contributed by atoms with E-state index in [9.17, 15) is 9.18 Å². The topological polar surface area (TPSA) is 52.6 Å². The number of nitrogens with zero attached hydrogens (tertiary/aromatic N) is 5. The van der Waals surface area contributed by atoms with Crippen LogP contribution in [0, 0.1) is 11.7 Å². The maximum atomic E-state index is 14.5. The number of aromatic nitrogens is 2. The van der Waals surface area contributed by atoms with Crippen LogP contribution in [0.25, 0.3) is 20.3 Å². The summed E-state index contributed by atoms with van der Waals surface area (Å²) in [5, 5.41) is 0.564. The van der Waals surface area contributed by atoms with Crippen molar-refractivity contribution in [2.24, 2.45) is 5.92 Å². The number of amides is 1. The van der Waals surface area contributed by atoms with Crippen molar-refractivity contribution in [2.45, 2.75) is 19.4 Å². The van der Waals surface area contributed by atoms with Crippen molar-refractivity contribution in [2.75, 3.05) is 44.2 Å². The van der Waals surface area contributed by atoms with Crippen LogP contribution in [0.3, 0.4) is 0 Å². The number of thiophene rings is 1. The van der Waals surface area contributed by atoms with E-state index >= 15 is 0 Å². The lowest BCUT2D eigenvalue weighted by Gasteiger charge is -2.39. The van der Waals surface area contributed by atoms with E-state index in [-0.39, 0.29) is 17.6 Å². The van der Waals surface area contributed by atoms with Gasteiger partial charge in [0, 0.05) is 50.5 Å². The molecule has 2 fully saturated rings. The second kappa shape index (κ2) is 9.51. The van der Waals surface area contributed by atoms with Crippen LogP contribution in [-0.2, 0) is 11.3 Å². The zero-order valence-electron chi connectivity index (χ0n) is 19.6. The monoisotopic (exact) mass is 489 g/mol. The number of rotatable bonds is 4. The molecule has 6 nitrogen and oxygen atoms in total. The lowest BCUT2D eigenvalue weighted by Crippen LogP contribution is -2.52. The van der Waals surface area contributed by atoms with E-state index in [0.717, 1.165) is 67.3 Å². The fourth-order valence-electron chi connectivity index (χ4n) is 5.39. The van der Waals surface area contributed by atoms with Gasteiger partial charge in [-0.25, -0.2) is 14.4 Å². The molecule has 0 unspecified atom stereocenters. The minimum atomic E-state index is -0.253. The van der Waals surface area contributed by atoms with Crippen LogP contribution in [0.15, 0.2) is 54.9 Å². The van der Waals surface area contributed by atoms with Gasteiger partial charge in [0.05, 0.1) is 21.5 Å². The number of hydrogen-bond donors (Lipinski definition) is 0. The maximum Gasteiger partial charge on any atom is 0.227 e. The molecule has 6 rings (SSSR count). The van der Waals surface area contributed by atoms with E-state index in [2.05, 4.69) is 44.0 Å². The normalized spacial score (nSPS) is 19.5. The van der Waals surface area contributed by atoms with E-state index in [4.69, 9.17) is 0 Å². The van der Waals surface area contributed by atoms with Gasteiger partial charge in [0.1, 0.15) is 18.0 Å². The average Bonchev–Trinajstić information content (AvgIpc) is 3.29. The lowest BCUT2D eigenvalue weighted by atomic mass is 9.96. The zero-order chi connectivity index (χ0) is 23.8. The summed E-state index contributed by atoms with van der Waals surface area (Å²) in [5.41, 5.74) is 1.98. The first kappa shape index (κ1) is 22.4. The molecule has 0 aliphatic carbocycles. The average molecular weight is 490 g/mol. The van der Waals surface area contributed by atoms with Gasteiger partial charge in [0.15, 0.2) is 0 Å². The van der Waals surface area contributed by atoms with Crippen LogP contribution in [-0.4, -0.2) is 64.9 Å². The number of carbonyl (C=O) groups is 1. The quantitative estimate of drug-likeness (QED) is 0.421. The van der Waals surface area contributed by atoms with Gasteiger partial charge >= 0.3 is 0 Å². The van der Waals surface area contributed by atoms with E-state index in [1.807, 2.05) is 17.0 Å². The molecule has 0 N–H and O–H groups in total. The highest BCUT2D eigenvalue weighted by atomic mass is 32.1. The predicted octanol–water partition coefficient (Wildman–Crippen LogP) is 4.54. The Labute approximate surface area is 208 Å². The Kier molecular flexibility index (Phi) is 6.08. The van der Waals surface area contributed by atoms with Crippen molar-refractivity contribution in [1.29, 1.82) is 0 Å². The molecule has 2 saturated heterocycles. The van der Waals surface area contributed by atoms with Gasteiger partial charge in [-0.05, 0) is 30.5 Å². The fraction of sp³-hybridized carbons (Fsp3) is 0.370. The Bertz CT molecular complexity index is 1350. The fourth-order valence-corrected chi connectivity index (χ4v) is 6.58. The summed E-state index contributed by atoms with van der Waals surface area (Å²) in [4.78, 5) is 29.1. The molecule has 0 spiro atoms. The number of piperidine rings is 1. The Morgan fingerprint density at radius 3 is 2.66 bits per heavy atom. The molecule has 2 aromatic heterocycles. The summed E-state index contributed by atoms with van der Waals surface area (Å²) in [5.74, 6) is 0.777. The number of hydrogen-bond acceptors (Lipinski definition) is 6. The molecule has 35 heavy (non-hydrogen) atoms. The standard InChI is InChI=1S/C27H28FN5OS/c28-21-9-4-10-22-23(21)24-25(35-22)26(30-18-29-24)33-11-5-8-20(17-33)27(34)32-14-12-31(13-15-32)16-19-6-2-1-3-7-19/h1-4,6-7,9-10,18,20H,5,8,11-17H2/t20-/m0/s1. The van der Waals surface area contributed by atoms with Crippen LogP contribution >= 0.6 is 11.3 Å². The van der Waals surface area contributed by atoms with Crippen molar-refractivity contribution in [3.63, 3.8) is 0 Å². The van der Waals surface area contributed by atoms with Crippen molar-refractivity contribution < 1.29 is 9.18 Å². The van der Waals surface area contributed by atoms with Crippen LogP contribution in [0.1, 0.15) is 18.4 Å². The first-order chi connectivity index (χ1) is 17.2. The van der Waals surface area contributed by atoms with Crippen molar-refractivity contribution in [3.8, 4) is 0 Å². The van der Waals surface area contributed by atoms with Gasteiger partial charge in [-0.2, -0.15) is 0 Å². The molecule has 2 aliphatic rings. The molecule has 0 saturated carbocycles. The summed E-state index contributed by atoms with van der Waals surface area (Å²) < 4.78 is 16.3. The molecule has 4 heterocycles. The van der Waals surface area contributed by atoms with Gasteiger partial charge in [0.25, 0.3) is 0 Å². The highest BCUT2D eigenvalue weighted by Crippen LogP contribution is 2.39. The van der Waals surface area contributed by atoms with Crippen LogP contribution in [0.2, 0.25) is 0 Å². The minimum Gasteiger partial charge on any atom is -0.355 e. The first-order valence-electron chi connectivity index (χ1n) is 12.3. The molecule has 8 heteroatoms. The molecule has 0 radical (unpaired) electrons. The summed E-state index contributed by atoms with van der Waals surface area (Å²) in [7, 11) is 0. The van der Waals surface area contributed by atoms with Crippen molar-refractivity contribution in [3.05, 3.63) is 66.2 Å². The highest BCUT2D eigenvalue weighted by Gasteiger charge is 2.32.